The van der Waals surface area contributed by atoms with Gasteiger partial charge in [-0.1, -0.05) is 37.2 Å². The quantitative estimate of drug-likeness (QED) is 0.331. The maximum Gasteiger partial charge on any atom is 0.368 e. The van der Waals surface area contributed by atoms with Crippen molar-refractivity contribution in [3.8, 4) is 0 Å². The van der Waals surface area contributed by atoms with Gasteiger partial charge in [-0.2, -0.15) is 0 Å². The lowest BCUT2D eigenvalue weighted by molar-refractivity contribution is 0.0512. The molecule has 0 spiro atoms. The molecule has 0 amide bonds. The molecular weight excluding hydrogens is 404 g/mol. The molecule has 7 heteroatoms. The molecule has 0 bridgehead atoms. The summed E-state index contributed by atoms with van der Waals surface area (Å²) >= 11 is 0. The van der Waals surface area contributed by atoms with Gasteiger partial charge in [0, 0.05) is 54.1 Å². The summed E-state index contributed by atoms with van der Waals surface area (Å²) in [5.41, 5.74) is 4.58. The first-order chi connectivity index (χ1) is 15.6. The third kappa shape index (κ3) is 3.86. The zero-order chi connectivity index (χ0) is 22.7. The minimum Gasteiger partial charge on any atom is -0.472 e. The van der Waals surface area contributed by atoms with Gasteiger partial charge in [0.1, 0.15) is 17.7 Å². The lowest BCUT2D eigenvalue weighted by Gasteiger charge is -2.25. The molecule has 7 nitrogen and oxygen atoms in total. The number of aryl methyl sites for hydroxylation is 2. The highest BCUT2D eigenvalue weighted by atomic mass is 16.7. The molecule has 1 aliphatic rings. The Balaban J connectivity index is 0.00000119. The van der Waals surface area contributed by atoms with Crippen molar-refractivity contribution in [3.05, 3.63) is 77.9 Å². The maximum absolute atomic E-state index is 12.4. The Morgan fingerprint density at radius 2 is 2.09 bits per heavy atom. The monoisotopic (exact) mass is 432 g/mol. The van der Waals surface area contributed by atoms with Crippen LogP contribution in [-0.2, 0) is 24.9 Å². The van der Waals surface area contributed by atoms with E-state index in [-0.39, 0.29) is 5.92 Å². The van der Waals surface area contributed by atoms with E-state index in [0.717, 1.165) is 47.4 Å². The molecular formula is C25H28N4O3. The van der Waals surface area contributed by atoms with E-state index < -0.39 is 5.97 Å². The Hall–Kier alpha value is -3.61. The molecule has 0 fully saturated rings. The lowest BCUT2D eigenvalue weighted by Crippen LogP contribution is -2.28. The summed E-state index contributed by atoms with van der Waals surface area (Å²) in [5, 5.41) is 5.54. The van der Waals surface area contributed by atoms with Crippen LogP contribution in [0.5, 0.6) is 0 Å². The first-order valence-corrected chi connectivity index (χ1v) is 11.0. The highest BCUT2D eigenvalue weighted by Gasteiger charge is 2.32. The van der Waals surface area contributed by atoms with Gasteiger partial charge in [0.15, 0.2) is 0 Å². The molecule has 1 atom stereocenters. The van der Waals surface area contributed by atoms with E-state index in [4.69, 9.17) is 9.25 Å². The fraction of sp³-hybridized carbons (Fsp3) is 0.320. The van der Waals surface area contributed by atoms with Crippen molar-refractivity contribution in [1.29, 1.82) is 0 Å². The van der Waals surface area contributed by atoms with Crippen LogP contribution in [0.2, 0.25) is 0 Å². The normalized spacial score (nSPS) is 16.5. The first kappa shape index (κ1) is 21.6. The number of aromatic nitrogens is 3. The van der Waals surface area contributed by atoms with Crippen LogP contribution in [0.1, 0.15) is 47.7 Å². The predicted molar refractivity (Wildman–Crippen MR) is 124 cm³/mol. The van der Waals surface area contributed by atoms with E-state index in [2.05, 4.69) is 38.5 Å². The van der Waals surface area contributed by atoms with E-state index in [1.165, 1.54) is 18.2 Å². The van der Waals surface area contributed by atoms with Crippen LogP contribution in [0, 0.1) is 12.8 Å². The Labute approximate surface area is 187 Å². The minimum atomic E-state index is -0.527. The number of para-hydroxylation sites is 1. The Kier molecular flexibility index (Phi) is 6.25. The molecule has 4 aromatic rings. The van der Waals surface area contributed by atoms with Crippen LogP contribution in [0.25, 0.3) is 10.9 Å². The summed E-state index contributed by atoms with van der Waals surface area (Å²) in [7, 11) is 2.08. The van der Waals surface area contributed by atoms with Gasteiger partial charge < -0.3 is 18.4 Å². The molecule has 3 heterocycles. The molecule has 3 aromatic heterocycles. The first-order valence-electron chi connectivity index (χ1n) is 11.0. The smallest absolute Gasteiger partial charge is 0.368 e. The van der Waals surface area contributed by atoms with Crippen molar-refractivity contribution in [2.45, 2.75) is 40.2 Å². The summed E-state index contributed by atoms with van der Waals surface area (Å²) < 4.78 is 9.32. The number of hydrogen-bond acceptors (Lipinski definition) is 5. The fourth-order valence-corrected chi connectivity index (χ4v) is 4.33. The largest absolute Gasteiger partial charge is 0.472 e. The third-order valence-electron chi connectivity index (χ3n) is 5.93. The maximum atomic E-state index is 12.4. The number of hydrogen-bond donors (Lipinski definition) is 0. The number of benzene rings is 1. The number of furan rings is 1. The summed E-state index contributed by atoms with van der Waals surface area (Å²) in [6.45, 7) is 6.72. The van der Waals surface area contributed by atoms with Gasteiger partial charge in [-0.3, -0.25) is 0 Å². The van der Waals surface area contributed by atoms with Gasteiger partial charge >= 0.3 is 5.97 Å². The average Bonchev–Trinajstić information content (AvgIpc) is 3.56. The highest BCUT2D eigenvalue weighted by Crippen LogP contribution is 2.35. The van der Waals surface area contributed by atoms with Crippen LogP contribution in [0.15, 0.2) is 64.8 Å². The summed E-state index contributed by atoms with van der Waals surface area (Å²) in [6.07, 6.45) is 8.43. The number of nitrogens with zero attached hydrogens (tertiary/aromatic N) is 4. The highest BCUT2D eigenvalue weighted by molar-refractivity contribution is 6.14. The van der Waals surface area contributed by atoms with E-state index >= 15 is 0 Å². The molecule has 0 aliphatic heterocycles. The van der Waals surface area contributed by atoms with Crippen molar-refractivity contribution >= 4 is 22.6 Å². The number of imidazole rings is 1. The summed E-state index contributed by atoms with van der Waals surface area (Å²) in [6, 6.07) is 9.85. The fourth-order valence-electron chi connectivity index (χ4n) is 4.33. The Bertz CT molecular complexity index is 1250. The standard InChI is InChI=1S/C23H22N4O3.C2H6/c1-15-24-10-11-27(15)13-16-7-8-20-21(18-5-3-4-6-19(18)26(20)2)22(16)25-30-23(28)17-9-12-29-14-17;1-2/h3-6,9-12,14,16H,7-8,13H2,1-2H3;1-2H3/b25-22+;. The molecule has 1 aliphatic carbocycles. The van der Waals surface area contributed by atoms with E-state index in [9.17, 15) is 4.79 Å². The number of oxime groups is 1. The average molecular weight is 433 g/mol. The predicted octanol–water partition coefficient (Wildman–Crippen LogP) is 5.13. The zero-order valence-electron chi connectivity index (χ0n) is 18.9. The van der Waals surface area contributed by atoms with Crippen LogP contribution in [-0.4, -0.2) is 25.8 Å². The van der Waals surface area contributed by atoms with Crippen LogP contribution in [0.3, 0.4) is 0 Å². The van der Waals surface area contributed by atoms with Crippen LogP contribution in [0.4, 0.5) is 0 Å². The third-order valence-corrected chi connectivity index (χ3v) is 5.93. The van der Waals surface area contributed by atoms with Gasteiger partial charge in [-0.05, 0) is 31.9 Å². The van der Waals surface area contributed by atoms with Gasteiger partial charge in [0.2, 0.25) is 0 Å². The Morgan fingerprint density at radius 3 is 2.81 bits per heavy atom. The number of carbonyl (C=O) groups excluding carboxylic acids is 1. The molecule has 0 saturated heterocycles. The van der Waals surface area contributed by atoms with Crippen molar-refractivity contribution in [2.24, 2.45) is 18.1 Å². The topological polar surface area (TPSA) is 74.6 Å². The molecule has 1 aromatic carbocycles. The summed E-state index contributed by atoms with van der Waals surface area (Å²) in [4.78, 5) is 22.1. The molecule has 32 heavy (non-hydrogen) atoms. The van der Waals surface area contributed by atoms with Crippen molar-refractivity contribution in [1.82, 2.24) is 14.1 Å². The van der Waals surface area contributed by atoms with Gasteiger partial charge in [-0.15, -0.1) is 0 Å². The van der Waals surface area contributed by atoms with Crippen molar-refractivity contribution < 1.29 is 14.0 Å². The van der Waals surface area contributed by atoms with Crippen molar-refractivity contribution in [3.63, 3.8) is 0 Å². The molecule has 0 radical (unpaired) electrons. The molecule has 1 unspecified atom stereocenters. The van der Waals surface area contributed by atoms with E-state index in [1.807, 2.05) is 39.1 Å². The lowest BCUT2D eigenvalue weighted by atomic mass is 9.84. The second-order valence-corrected chi connectivity index (χ2v) is 7.63. The number of carbonyl (C=O) groups is 1. The number of rotatable bonds is 4. The van der Waals surface area contributed by atoms with Crippen molar-refractivity contribution in [2.75, 3.05) is 0 Å². The molecule has 166 valence electrons. The van der Waals surface area contributed by atoms with Crippen LogP contribution < -0.4 is 0 Å². The number of fused-ring (bicyclic) bond motifs is 3. The van der Waals surface area contributed by atoms with E-state index in [0.29, 0.717) is 5.56 Å². The van der Waals surface area contributed by atoms with Crippen LogP contribution >= 0.6 is 0 Å². The minimum absolute atomic E-state index is 0.105. The zero-order valence-corrected chi connectivity index (χ0v) is 18.9. The molecule has 5 rings (SSSR count). The van der Waals surface area contributed by atoms with Gasteiger partial charge in [0.05, 0.1) is 12.0 Å². The Morgan fingerprint density at radius 1 is 1.28 bits per heavy atom. The SMILES string of the molecule is CC.Cc1nccn1CC1CCc2c(c3ccccc3n2C)/C1=N/OC(=O)c1ccoc1. The molecule has 0 N–H and O–H groups in total. The molecule has 0 saturated carbocycles. The van der Waals surface area contributed by atoms with E-state index in [1.54, 1.807) is 12.3 Å². The summed E-state index contributed by atoms with van der Waals surface area (Å²) in [5.74, 6) is 0.531. The van der Waals surface area contributed by atoms with Gasteiger partial charge in [-0.25, -0.2) is 9.78 Å². The second-order valence-electron chi connectivity index (χ2n) is 7.63. The second kappa shape index (κ2) is 9.26. The van der Waals surface area contributed by atoms with Gasteiger partial charge in [0.25, 0.3) is 0 Å².